The van der Waals surface area contributed by atoms with Gasteiger partial charge in [0, 0.05) is 27.5 Å². The summed E-state index contributed by atoms with van der Waals surface area (Å²) in [6, 6.07) is 5.90. The predicted octanol–water partition coefficient (Wildman–Crippen LogP) is 3.68. The van der Waals surface area contributed by atoms with E-state index in [9.17, 15) is 9.59 Å². The van der Waals surface area contributed by atoms with E-state index >= 15 is 0 Å². The van der Waals surface area contributed by atoms with E-state index in [1.807, 2.05) is 23.6 Å². The van der Waals surface area contributed by atoms with Crippen molar-refractivity contribution in [3.8, 4) is 0 Å². The maximum Gasteiger partial charge on any atom is 0.305 e. The van der Waals surface area contributed by atoms with Gasteiger partial charge in [0.05, 0.1) is 13.5 Å². The third-order valence-corrected chi connectivity index (χ3v) is 3.88. The zero-order valence-corrected chi connectivity index (χ0v) is 11.5. The van der Waals surface area contributed by atoms with E-state index in [1.54, 1.807) is 6.08 Å². The minimum Gasteiger partial charge on any atom is -0.469 e. The molecule has 0 amide bonds. The largest absolute Gasteiger partial charge is 0.469 e. The fourth-order valence-corrected chi connectivity index (χ4v) is 2.79. The standard InChI is InChI=1S/C15H14O3S/c1-3-10-4-6-14-11(8-10)12(9-19-14)13(16)5-7-15(17)18-2/h3-4,6,8-9H,1,5,7H2,2H3. The summed E-state index contributed by atoms with van der Waals surface area (Å²) in [5.74, 6) is -0.391. The fraction of sp³-hybridized carbons (Fsp3) is 0.200. The third-order valence-electron chi connectivity index (χ3n) is 2.92. The first-order valence-electron chi connectivity index (χ1n) is 5.89. The number of ether oxygens (including phenoxy) is 1. The highest BCUT2D eigenvalue weighted by atomic mass is 32.1. The average Bonchev–Trinajstić information content (AvgIpc) is 2.87. The number of hydrogen-bond acceptors (Lipinski definition) is 4. The van der Waals surface area contributed by atoms with Gasteiger partial charge in [0.25, 0.3) is 0 Å². The van der Waals surface area contributed by atoms with E-state index in [4.69, 9.17) is 0 Å². The average molecular weight is 274 g/mol. The molecule has 3 nitrogen and oxygen atoms in total. The summed E-state index contributed by atoms with van der Waals surface area (Å²) in [5.41, 5.74) is 1.65. The van der Waals surface area contributed by atoms with Crippen LogP contribution in [0.1, 0.15) is 28.8 Å². The number of esters is 1. The van der Waals surface area contributed by atoms with Crippen molar-refractivity contribution in [1.82, 2.24) is 0 Å². The highest BCUT2D eigenvalue weighted by molar-refractivity contribution is 7.17. The van der Waals surface area contributed by atoms with Gasteiger partial charge in [-0.3, -0.25) is 9.59 Å². The molecule has 0 saturated carbocycles. The van der Waals surface area contributed by atoms with E-state index in [0.29, 0.717) is 5.56 Å². The van der Waals surface area contributed by atoms with Crippen molar-refractivity contribution < 1.29 is 14.3 Å². The molecule has 2 rings (SSSR count). The maximum absolute atomic E-state index is 12.1. The first-order chi connectivity index (χ1) is 9.15. The van der Waals surface area contributed by atoms with Crippen LogP contribution in [0.2, 0.25) is 0 Å². The molecular formula is C15H14O3S. The van der Waals surface area contributed by atoms with Crippen LogP contribution in [0.3, 0.4) is 0 Å². The second kappa shape index (κ2) is 5.80. The second-order valence-corrected chi connectivity index (χ2v) is 5.02. The van der Waals surface area contributed by atoms with Crippen LogP contribution in [0.25, 0.3) is 16.2 Å². The molecule has 1 heterocycles. The van der Waals surface area contributed by atoms with Gasteiger partial charge >= 0.3 is 5.97 Å². The molecule has 19 heavy (non-hydrogen) atoms. The van der Waals surface area contributed by atoms with Crippen LogP contribution >= 0.6 is 11.3 Å². The van der Waals surface area contributed by atoms with Gasteiger partial charge in [0.1, 0.15) is 0 Å². The molecule has 0 fully saturated rings. The summed E-state index contributed by atoms with van der Waals surface area (Å²) in [5, 5.41) is 2.77. The van der Waals surface area contributed by atoms with Gasteiger partial charge in [-0.25, -0.2) is 0 Å². The fourth-order valence-electron chi connectivity index (χ4n) is 1.84. The molecule has 0 atom stereocenters. The second-order valence-electron chi connectivity index (χ2n) is 4.11. The van der Waals surface area contributed by atoms with Gasteiger partial charge in [-0.05, 0) is 17.7 Å². The van der Waals surface area contributed by atoms with Crippen LogP contribution in [-0.4, -0.2) is 18.9 Å². The number of ketones is 1. The molecule has 0 N–H and O–H groups in total. The molecule has 0 saturated heterocycles. The molecule has 0 radical (unpaired) electrons. The normalized spacial score (nSPS) is 10.4. The summed E-state index contributed by atoms with van der Waals surface area (Å²) >= 11 is 1.53. The first-order valence-corrected chi connectivity index (χ1v) is 6.77. The number of rotatable bonds is 5. The van der Waals surface area contributed by atoms with Gasteiger partial charge in [-0.15, -0.1) is 11.3 Å². The predicted molar refractivity (Wildman–Crippen MR) is 77.5 cm³/mol. The number of benzene rings is 1. The molecule has 0 aliphatic carbocycles. The van der Waals surface area contributed by atoms with E-state index < -0.39 is 0 Å². The summed E-state index contributed by atoms with van der Waals surface area (Å²) in [7, 11) is 1.32. The molecule has 4 heteroatoms. The molecule has 1 aromatic carbocycles. The molecule has 0 bridgehead atoms. The Labute approximate surface area is 115 Å². The van der Waals surface area contributed by atoms with Crippen molar-refractivity contribution >= 4 is 39.3 Å². The summed E-state index contributed by atoms with van der Waals surface area (Å²) in [6.07, 6.45) is 2.05. The lowest BCUT2D eigenvalue weighted by Crippen LogP contribution is -2.05. The molecule has 0 aliphatic heterocycles. The molecule has 0 spiro atoms. The van der Waals surface area contributed by atoms with Gasteiger partial charge in [-0.2, -0.15) is 0 Å². The maximum atomic E-state index is 12.1. The molecule has 0 unspecified atom stereocenters. The van der Waals surface area contributed by atoms with Crippen LogP contribution in [0.15, 0.2) is 30.2 Å². The molecule has 0 aliphatic rings. The Morgan fingerprint density at radius 2 is 2.16 bits per heavy atom. The van der Waals surface area contributed by atoms with Crippen molar-refractivity contribution in [1.29, 1.82) is 0 Å². The van der Waals surface area contributed by atoms with E-state index in [0.717, 1.165) is 15.6 Å². The number of carbonyl (C=O) groups is 2. The Kier molecular flexibility index (Phi) is 4.12. The Morgan fingerprint density at radius 3 is 2.84 bits per heavy atom. The number of Topliss-reactive ketones (excluding diaryl/α,β-unsaturated/α-hetero) is 1. The van der Waals surface area contributed by atoms with Crippen molar-refractivity contribution in [3.05, 3.63) is 41.3 Å². The first kappa shape index (κ1) is 13.5. The van der Waals surface area contributed by atoms with Crippen molar-refractivity contribution in [2.24, 2.45) is 0 Å². The highest BCUT2D eigenvalue weighted by Crippen LogP contribution is 2.28. The van der Waals surface area contributed by atoms with E-state index in [-0.39, 0.29) is 24.6 Å². The summed E-state index contributed by atoms with van der Waals surface area (Å²) in [4.78, 5) is 23.2. The highest BCUT2D eigenvalue weighted by Gasteiger charge is 2.14. The SMILES string of the molecule is C=Cc1ccc2scc(C(=O)CCC(=O)OC)c2c1. The minimum atomic E-state index is -0.361. The zero-order chi connectivity index (χ0) is 13.8. The minimum absolute atomic E-state index is 0.0298. The number of carbonyl (C=O) groups excluding carboxylic acids is 2. The number of methoxy groups -OCH3 is 1. The monoisotopic (exact) mass is 274 g/mol. The lowest BCUT2D eigenvalue weighted by atomic mass is 10.0. The van der Waals surface area contributed by atoms with Crippen LogP contribution < -0.4 is 0 Å². The van der Waals surface area contributed by atoms with Crippen molar-refractivity contribution in [3.63, 3.8) is 0 Å². The number of thiophene rings is 1. The Morgan fingerprint density at radius 1 is 1.37 bits per heavy atom. The lowest BCUT2D eigenvalue weighted by molar-refractivity contribution is -0.140. The van der Waals surface area contributed by atoms with E-state index in [2.05, 4.69) is 11.3 Å². The van der Waals surface area contributed by atoms with Crippen LogP contribution in [0.5, 0.6) is 0 Å². The van der Waals surface area contributed by atoms with Gasteiger partial charge < -0.3 is 4.74 Å². The van der Waals surface area contributed by atoms with Crippen molar-refractivity contribution in [2.75, 3.05) is 7.11 Å². The third kappa shape index (κ3) is 2.90. The van der Waals surface area contributed by atoms with Crippen molar-refractivity contribution in [2.45, 2.75) is 12.8 Å². The molecule has 1 aromatic heterocycles. The quantitative estimate of drug-likeness (QED) is 0.617. The summed E-state index contributed by atoms with van der Waals surface area (Å²) in [6.45, 7) is 3.72. The van der Waals surface area contributed by atoms with E-state index in [1.165, 1.54) is 18.4 Å². The Balaban J connectivity index is 2.26. The van der Waals surface area contributed by atoms with Gasteiger partial charge in [-0.1, -0.05) is 18.7 Å². The van der Waals surface area contributed by atoms with Crippen LogP contribution in [0, 0.1) is 0 Å². The zero-order valence-electron chi connectivity index (χ0n) is 10.6. The summed E-state index contributed by atoms with van der Waals surface area (Å²) < 4.78 is 5.60. The number of hydrogen-bond donors (Lipinski definition) is 0. The molecule has 2 aromatic rings. The molecular weight excluding hydrogens is 260 g/mol. The van der Waals surface area contributed by atoms with Crippen LogP contribution in [-0.2, 0) is 9.53 Å². The van der Waals surface area contributed by atoms with Crippen LogP contribution in [0.4, 0.5) is 0 Å². The van der Waals surface area contributed by atoms with Gasteiger partial charge in [0.15, 0.2) is 5.78 Å². The topological polar surface area (TPSA) is 43.4 Å². The smallest absolute Gasteiger partial charge is 0.305 e. The van der Waals surface area contributed by atoms with Gasteiger partial charge in [0.2, 0.25) is 0 Å². The molecule has 98 valence electrons. The lowest BCUT2D eigenvalue weighted by Gasteiger charge is -2.00. The Hall–Kier alpha value is -1.94. The Bertz CT molecular complexity index is 640. The number of fused-ring (bicyclic) bond motifs is 1.